The molecule has 1 saturated carbocycles. The molecule has 1 aliphatic carbocycles. The second-order valence-electron chi connectivity index (χ2n) is 9.72. The van der Waals surface area contributed by atoms with Crippen LogP contribution >= 0.6 is 0 Å². The molecule has 3 N–H and O–H groups in total. The van der Waals surface area contributed by atoms with E-state index >= 15 is 0 Å². The molecule has 0 unspecified atom stereocenters. The van der Waals surface area contributed by atoms with Gasteiger partial charge in [-0.25, -0.2) is 4.98 Å². The van der Waals surface area contributed by atoms with Crippen molar-refractivity contribution in [3.8, 4) is 0 Å². The number of ether oxygens (including phenoxy) is 1. The van der Waals surface area contributed by atoms with Crippen molar-refractivity contribution < 1.29 is 14.6 Å². The van der Waals surface area contributed by atoms with Crippen molar-refractivity contribution >= 4 is 34.7 Å². The van der Waals surface area contributed by atoms with E-state index in [-0.39, 0.29) is 12.5 Å². The number of amides is 1. The van der Waals surface area contributed by atoms with E-state index in [0.717, 1.165) is 47.8 Å². The van der Waals surface area contributed by atoms with E-state index in [4.69, 9.17) is 9.72 Å². The zero-order valence-corrected chi connectivity index (χ0v) is 21.4. The molecular weight excluding hydrogens is 468 g/mol. The van der Waals surface area contributed by atoms with E-state index < -0.39 is 0 Å². The van der Waals surface area contributed by atoms with Crippen LogP contribution in [0.4, 0.5) is 28.8 Å². The molecule has 2 aliphatic rings. The van der Waals surface area contributed by atoms with Crippen molar-refractivity contribution in [2.45, 2.75) is 26.4 Å². The number of hydrogen-bond acceptors (Lipinski definition) is 8. The molecule has 3 aromatic rings. The zero-order chi connectivity index (χ0) is 25.8. The first-order chi connectivity index (χ1) is 18.0. The zero-order valence-electron chi connectivity index (χ0n) is 21.4. The van der Waals surface area contributed by atoms with Crippen molar-refractivity contribution in [3.05, 3.63) is 65.4 Å². The Bertz CT molecular complexity index is 1260. The van der Waals surface area contributed by atoms with E-state index in [1.54, 1.807) is 6.20 Å². The van der Waals surface area contributed by atoms with Crippen LogP contribution < -0.4 is 20.4 Å². The fraction of sp³-hybridized carbons (Fsp3) is 0.393. The first-order valence-electron chi connectivity index (χ1n) is 12.8. The maximum absolute atomic E-state index is 13.0. The van der Waals surface area contributed by atoms with Gasteiger partial charge in [-0.15, -0.1) is 0 Å². The highest BCUT2D eigenvalue weighted by atomic mass is 16.5. The summed E-state index contributed by atoms with van der Waals surface area (Å²) in [5, 5.41) is 15.9. The van der Waals surface area contributed by atoms with Crippen LogP contribution in [0.5, 0.6) is 0 Å². The fourth-order valence-corrected chi connectivity index (χ4v) is 4.44. The van der Waals surface area contributed by atoms with E-state index in [1.807, 2.05) is 61.3 Å². The third-order valence-electron chi connectivity index (χ3n) is 6.86. The number of carbonyl (C=O) groups is 1. The summed E-state index contributed by atoms with van der Waals surface area (Å²) >= 11 is 0. The van der Waals surface area contributed by atoms with Crippen molar-refractivity contribution in [2.24, 2.45) is 5.92 Å². The van der Waals surface area contributed by atoms with E-state index in [9.17, 15) is 9.90 Å². The highest BCUT2D eigenvalue weighted by molar-refractivity contribution is 5.96. The molecule has 0 bridgehead atoms. The van der Waals surface area contributed by atoms with Crippen LogP contribution in [0.15, 0.2) is 48.7 Å². The van der Waals surface area contributed by atoms with Gasteiger partial charge in [0, 0.05) is 55.5 Å². The number of aromatic nitrogens is 2. The summed E-state index contributed by atoms with van der Waals surface area (Å²) < 4.78 is 5.52. The SMILES string of the molecule is Cc1ccc(CO)cc1N(C)c1ccnc(Nc2cc(C(=O)NCC3CC3)cc(N3CCOCC3)c2)n1. The summed E-state index contributed by atoms with van der Waals surface area (Å²) in [4.78, 5) is 26.3. The van der Waals surface area contributed by atoms with E-state index in [0.29, 0.717) is 36.5 Å². The van der Waals surface area contributed by atoms with Crippen LogP contribution in [-0.4, -0.2) is 60.9 Å². The van der Waals surface area contributed by atoms with Crippen LogP contribution in [0.25, 0.3) is 0 Å². The largest absolute Gasteiger partial charge is 0.392 e. The maximum atomic E-state index is 13.0. The number of morpholine rings is 1. The van der Waals surface area contributed by atoms with Gasteiger partial charge in [-0.1, -0.05) is 12.1 Å². The molecule has 1 saturated heterocycles. The molecule has 1 aliphatic heterocycles. The molecule has 9 nitrogen and oxygen atoms in total. The van der Waals surface area contributed by atoms with Crippen molar-refractivity contribution in [1.82, 2.24) is 15.3 Å². The number of aliphatic hydroxyl groups is 1. The van der Waals surface area contributed by atoms with Gasteiger partial charge in [0.1, 0.15) is 5.82 Å². The van der Waals surface area contributed by atoms with Gasteiger partial charge >= 0.3 is 0 Å². The summed E-state index contributed by atoms with van der Waals surface area (Å²) in [6.45, 7) is 5.60. The smallest absolute Gasteiger partial charge is 0.251 e. The maximum Gasteiger partial charge on any atom is 0.251 e. The number of benzene rings is 2. The first kappa shape index (κ1) is 25.0. The van der Waals surface area contributed by atoms with Crippen LogP contribution in [0, 0.1) is 12.8 Å². The monoisotopic (exact) mass is 502 g/mol. The Morgan fingerprint density at radius 3 is 2.73 bits per heavy atom. The molecule has 37 heavy (non-hydrogen) atoms. The number of aryl methyl sites for hydroxylation is 1. The van der Waals surface area contributed by atoms with Gasteiger partial charge in [-0.3, -0.25) is 4.79 Å². The minimum atomic E-state index is -0.0706. The number of nitrogens with one attached hydrogen (secondary N) is 2. The third-order valence-corrected chi connectivity index (χ3v) is 6.86. The predicted octanol–water partition coefficient (Wildman–Crippen LogP) is 3.77. The number of aliphatic hydroxyl groups excluding tert-OH is 1. The molecule has 5 rings (SSSR count). The lowest BCUT2D eigenvalue weighted by molar-refractivity contribution is 0.0952. The van der Waals surface area contributed by atoms with Gasteiger partial charge in [0.2, 0.25) is 5.95 Å². The van der Waals surface area contributed by atoms with Crippen LogP contribution in [-0.2, 0) is 11.3 Å². The lowest BCUT2D eigenvalue weighted by Gasteiger charge is -2.29. The molecule has 0 atom stereocenters. The van der Waals surface area contributed by atoms with Gasteiger partial charge in [0.25, 0.3) is 5.91 Å². The highest BCUT2D eigenvalue weighted by Gasteiger charge is 2.22. The van der Waals surface area contributed by atoms with Crippen molar-refractivity contribution in [1.29, 1.82) is 0 Å². The average molecular weight is 503 g/mol. The van der Waals surface area contributed by atoms with Crippen LogP contribution in [0.2, 0.25) is 0 Å². The van der Waals surface area contributed by atoms with E-state index in [2.05, 4.69) is 20.5 Å². The average Bonchev–Trinajstić information content (AvgIpc) is 3.77. The van der Waals surface area contributed by atoms with Gasteiger partial charge in [0.05, 0.1) is 19.8 Å². The standard InChI is InChI=1S/C28H34N6O3/c1-19-3-4-21(18-35)13-25(19)33(2)26-7-8-29-28(32-26)31-23-14-22(27(36)30-17-20-5-6-20)15-24(16-23)34-9-11-37-12-10-34/h3-4,7-8,13-16,20,35H,5-6,9-12,17-18H2,1-2H3,(H,30,36)(H,29,31,32). The number of anilines is 5. The molecule has 2 heterocycles. The number of carbonyl (C=O) groups excluding carboxylic acids is 1. The Balaban J connectivity index is 1.40. The molecule has 1 amide bonds. The summed E-state index contributed by atoms with van der Waals surface area (Å²) in [6, 6.07) is 13.5. The summed E-state index contributed by atoms with van der Waals surface area (Å²) in [5.74, 6) is 1.68. The van der Waals surface area contributed by atoms with Crippen LogP contribution in [0.1, 0.15) is 34.3 Å². The molecule has 1 aromatic heterocycles. The first-order valence-corrected chi connectivity index (χ1v) is 12.8. The number of rotatable bonds is 9. The van der Waals surface area contributed by atoms with E-state index in [1.165, 1.54) is 12.8 Å². The predicted molar refractivity (Wildman–Crippen MR) is 145 cm³/mol. The van der Waals surface area contributed by atoms with Gasteiger partial charge in [-0.2, -0.15) is 4.98 Å². The fourth-order valence-electron chi connectivity index (χ4n) is 4.44. The second-order valence-corrected chi connectivity index (χ2v) is 9.72. The molecule has 0 radical (unpaired) electrons. The molecule has 2 aromatic carbocycles. The summed E-state index contributed by atoms with van der Waals surface area (Å²) in [6.07, 6.45) is 4.08. The minimum Gasteiger partial charge on any atom is -0.392 e. The topological polar surface area (TPSA) is 103 Å². The quantitative estimate of drug-likeness (QED) is 0.407. The Morgan fingerprint density at radius 2 is 1.97 bits per heavy atom. The Kier molecular flexibility index (Phi) is 7.52. The Labute approximate surface area is 217 Å². The molecule has 2 fully saturated rings. The van der Waals surface area contributed by atoms with Gasteiger partial charge in [0.15, 0.2) is 0 Å². The van der Waals surface area contributed by atoms with Crippen LogP contribution in [0.3, 0.4) is 0 Å². The second kappa shape index (κ2) is 11.1. The highest BCUT2D eigenvalue weighted by Crippen LogP contribution is 2.30. The van der Waals surface area contributed by atoms with Gasteiger partial charge in [-0.05, 0) is 67.1 Å². The molecule has 0 spiro atoms. The Hall–Kier alpha value is -3.69. The van der Waals surface area contributed by atoms with Gasteiger partial charge < -0.3 is 30.3 Å². The molecular formula is C28H34N6O3. The molecule has 194 valence electrons. The third kappa shape index (κ3) is 6.18. The van der Waals surface area contributed by atoms with Crippen molar-refractivity contribution in [3.63, 3.8) is 0 Å². The minimum absolute atomic E-state index is 0.0201. The lowest BCUT2D eigenvalue weighted by atomic mass is 10.1. The Morgan fingerprint density at radius 1 is 1.16 bits per heavy atom. The number of hydrogen-bond donors (Lipinski definition) is 3. The van der Waals surface area contributed by atoms with Crippen molar-refractivity contribution in [2.75, 3.05) is 55.0 Å². The molecule has 9 heteroatoms. The normalized spacial score (nSPS) is 15.4. The summed E-state index contributed by atoms with van der Waals surface area (Å²) in [7, 11) is 1.94. The number of nitrogens with zero attached hydrogens (tertiary/aromatic N) is 4. The summed E-state index contributed by atoms with van der Waals surface area (Å²) in [5.41, 5.74) is 5.20. The lowest BCUT2D eigenvalue weighted by Crippen LogP contribution is -2.36.